The molecule has 0 atom stereocenters. The molecule has 0 unspecified atom stereocenters. The van der Waals surface area contributed by atoms with Gasteiger partial charge in [0.2, 0.25) is 0 Å². The zero-order valence-electron chi connectivity index (χ0n) is 7.94. The number of carbonyl (C=O) groups is 1. The summed E-state index contributed by atoms with van der Waals surface area (Å²) in [6.07, 6.45) is 1.54. The molecule has 11 heavy (non-hydrogen) atoms. The third kappa shape index (κ3) is 7.53. The van der Waals surface area contributed by atoms with Crippen LogP contribution in [0.3, 0.4) is 0 Å². The van der Waals surface area contributed by atoms with Crippen molar-refractivity contribution in [3.63, 3.8) is 0 Å². The summed E-state index contributed by atoms with van der Waals surface area (Å²) in [5, 5.41) is 0. The Morgan fingerprint density at radius 3 is 2.27 bits per heavy atom. The van der Waals surface area contributed by atoms with E-state index in [1.54, 1.807) is 0 Å². The first kappa shape index (κ1) is 10.6. The number of hydrogen-bond donors (Lipinski definition) is 0. The van der Waals surface area contributed by atoms with Crippen LogP contribution in [-0.2, 0) is 9.53 Å². The zero-order valence-corrected chi connectivity index (χ0v) is 7.94. The molecule has 66 valence electrons. The van der Waals surface area contributed by atoms with Gasteiger partial charge in [-0.2, -0.15) is 0 Å². The highest BCUT2D eigenvalue weighted by Crippen LogP contribution is 2.06. The number of carbonyl (C=O) groups excluding carboxylic acids is 1. The highest BCUT2D eigenvalue weighted by atomic mass is 16.5. The molecule has 0 aliphatic heterocycles. The van der Waals surface area contributed by atoms with Crippen molar-refractivity contribution < 1.29 is 9.53 Å². The molecule has 0 aromatic rings. The molecule has 0 heterocycles. The number of ether oxygens (including phenoxy) is 1. The Morgan fingerprint density at radius 1 is 1.36 bits per heavy atom. The van der Waals surface area contributed by atoms with Gasteiger partial charge < -0.3 is 4.74 Å². The average molecular weight is 158 g/mol. The molecule has 0 N–H and O–H groups in total. The summed E-state index contributed by atoms with van der Waals surface area (Å²) in [6.45, 7) is 8.11. The second kappa shape index (κ2) is 4.50. The standard InChI is InChI=1S/C9H18O2/c1-5-6-8(10)7-11-9(2,3)4/h5-7H2,1-4H3. The van der Waals surface area contributed by atoms with Crippen LogP contribution in [-0.4, -0.2) is 18.0 Å². The van der Waals surface area contributed by atoms with Gasteiger partial charge in [0.25, 0.3) is 0 Å². The van der Waals surface area contributed by atoms with Gasteiger partial charge in [0.15, 0.2) is 5.78 Å². The fraction of sp³-hybridized carbons (Fsp3) is 0.889. The van der Waals surface area contributed by atoms with Crippen molar-refractivity contribution in [2.24, 2.45) is 0 Å². The van der Waals surface area contributed by atoms with Crippen LogP contribution in [0.15, 0.2) is 0 Å². The van der Waals surface area contributed by atoms with E-state index < -0.39 is 0 Å². The van der Waals surface area contributed by atoms with Crippen molar-refractivity contribution in [3.8, 4) is 0 Å². The van der Waals surface area contributed by atoms with Crippen LogP contribution in [0.2, 0.25) is 0 Å². The van der Waals surface area contributed by atoms with Gasteiger partial charge >= 0.3 is 0 Å². The van der Waals surface area contributed by atoms with Crippen LogP contribution < -0.4 is 0 Å². The van der Waals surface area contributed by atoms with E-state index in [1.807, 2.05) is 27.7 Å². The molecule has 0 aliphatic carbocycles. The van der Waals surface area contributed by atoms with Gasteiger partial charge in [-0.25, -0.2) is 0 Å². The molecule has 0 spiro atoms. The first-order valence-electron chi connectivity index (χ1n) is 4.11. The molecule has 0 aromatic carbocycles. The number of hydrogen-bond acceptors (Lipinski definition) is 2. The predicted octanol–water partition coefficient (Wildman–Crippen LogP) is 2.17. The average Bonchev–Trinajstić information content (AvgIpc) is 1.83. The summed E-state index contributed by atoms with van der Waals surface area (Å²) in [6, 6.07) is 0. The van der Waals surface area contributed by atoms with E-state index in [9.17, 15) is 4.79 Å². The minimum absolute atomic E-state index is 0.191. The van der Waals surface area contributed by atoms with Crippen LogP contribution in [0.4, 0.5) is 0 Å². The highest BCUT2D eigenvalue weighted by molar-refractivity contribution is 5.79. The summed E-state index contributed by atoms with van der Waals surface area (Å²) in [7, 11) is 0. The zero-order chi connectivity index (χ0) is 8.91. The van der Waals surface area contributed by atoms with E-state index in [-0.39, 0.29) is 18.0 Å². The van der Waals surface area contributed by atoms with Gasteiger partial charge in [0.05, 0.1) is 5.60 Å². The van der Waals surface area contributed by atoms with Crippen molar-refractivity contribution in [1.29, 1.82) is 0 Å². The molecule has 2 heteroatoms. The lowest BCUT2D eigenvalue weighted by Crippen LogP contribution is -2.23. The summed E-state index contributed by atoms with van der Waals surface area (Å²) in [5.41, 5.74) is -0.191. The first-order chi connectivity index (χ1) is 4.95. The number of Topliss-reactive ketones (excluding diaryl/α,β-unsaturated/α-hetero) is 1. The SMILES string of the molecule is CCCC(=O)COC(C)(C)C. The van der Waals surface area contributed by atoms with Crippen molar-refractivity contribution in [3.05, 3.63) is 0 Å². The maximum atomic E-state index is 11.0. The molecule has 0 rings (SSSR count). The summed E-state index contributed by atoms with van der Waals surface area (Å²) in [5.74, 6) is 0.197. The van der Waals surface area contributed by atoms with Crippen molar-refractivity contribution in [2.75, 3.05) is 6.61 Å². The Bertz CT molecular complexity index is 122. The summed E-state index contributed by atoms with van der Waals surface area (Å²) >= 11 is 0. The Balaban J connectivity index is 3.46. The van der Waals surface area contributed by atoms with E-state index in [1.165, 1.54) is 0 Å². The van der Waals surface area contributed by atoms with Crippen LogP contribution in [0.1, 0.15) is 40.5 Å². The van der Waals surface area contributed by atoms with Crippen LogP contribution in [0, 0.1) is 0 Å². The predicted molar refractivity (Wildman–Crippen MR) is 45.6 cm³/mol. The van der Waals surface area contributed by atoms with Gasteiger partial charge in [0.1, 0.15) is 6.61 Å². The summed E-state index contributed by atoms with van der Waals surface area (Å²) < 4.78 is 5.29. The molecule has 0 aromatic heterocycles. The normalized spacial score (nSPS) is 11.6. The minimum atomic E-state index is -0.191. The Kier molecular flexibility index (Phi) is 4.34. The third-order valence-electron chi connectivity index (χ3n) is 1.20. The molecular formula is C9H18O2. The molecule has 0 fully saturated rings. The van der Waals surface area contributed by atoms with Gasteiger partial charge in [-0.15, -0.1) is 0 Å². The second-order valence-electron chi connectivity index (χ2n) is 3.69. The molecule has 0 amide bonds. The van der Waals surface area contributed by atoms with Crippen molar-refractivity contribution in [1.82, 2.24) is 0 Å². The van der Waals surface area contributed by atoms with E-state index in [0.717, 1.165) is 6.42 Å². The smallest absolute Gasteiger partial charge is 0.158 e. The fourth-order valence-corrected chi connectivity index (χ4v) is 0.648. The molecule has 0 bridgehead atoms. The monoisotopic (exact) mass is 158 g/mol. The molecule has 2 nitrogen and oxygen atoms in total. The quantitative estimate of drug-likeness (QED) is 0.626. The van der Waals surface area contributed by atoms with E-state index in [0.29, 0.717) is 6.42 Å². The Morgan fingerprint density at radius 2 is 1.91 bits per heavy atom. The van der Waals surface area contributed by atoms with Crippen LogP contribution in [0.25, 0.3) is 0 Å². The molecule has 0 saturated carbocycles. The van der Waals surface area contributed by atoms with E-state index in [4.69, 9.17) is 4.74 Å². The van der Waals surface area contributed by atoms with Crippen LogP contribution in [0.5, 0.6) is 0 Å². The molecule has 0 saturated heterocycles. The van der Waals surface area contributed by atoms with Gasteiger partial charge in [-0.1, -0.05) is 6.92 Å². The maximum absolute atomic E-state index is 11.0. The van der Waals surface area contributed by atoms with Gasteiger partial charge in [0, 0.05) is 6.42 Å². The number of rotatable bonds is 4. The lowest BCUT2D eigenvalue weighted by atomic mass is 10.2. The maximum Gasteiger partial charge on any atom is 0.158 e. The highest BCUT2D eigenvalue weighted by Gasteiger charge is 2.11. The fourth-order valence-electron chi connectivity index (χ4n) is 0.648. The van der Waals surface area contributed by atoms with Crippen molar-refractivity contribution >= 4 is 5.78 Å². The van der Waals surface area contributed by atoms with E-state index >= 15 is 0 Å². The van der Waals surface area contributed by atoms with Gasteiger partial charge in [-0.3, -0.25) is 4.79 Å². The third-order valence-corrected chi connectivity index (χ3v) is 1.20. The largest absolute Gasteiger partial charge is 0.368 e. The lowest BCUT2D eigenvalue weighted by molar-refractivity contribution is -0.128. The van der Waals surface area contributed by atoms with Crippen LogP contribution >= 0.6 is 0 Å². The lowest BCUT2D eigenvalue weighted by Gasteiger charge is -2.18. The van der Waals surface area contributed by atoms with E-state index in [2.05, 4.69) is 0 Å². The first-order valence-corrected chi connectivity index (χ1v) is 4.11. The topological polar surface area (TPSA) is 26.3 Å². The van der Waals surface area contributed by atoms with Gasteiger partial charge in [-0.05, 0) is 27.2 Å². The second-order valence-corrected chi connectivity index (χ2v) is 3.69. The molecule has 0 aliphatic rings. The van der Waals surface area contributed by atoms with Crippen molar-refractivity contribution in [2.45, 2.75) is 46.1 Å². The molecular weight excluding hydrogens is 140 g/mol. The molecule has 0 radical (unpaired) electrons. The summed E-state index contributed by atoms with van der Waals surface area (Å²) in [4.78, 5) is 11.0. The number of ketones is 1. The minimum Gasteiger partial charge on any atom is -0.368 e. The Labute approximate surface area is 68.9 Å². The Hall–Kier alpha value is -0.370.